The number of nitrogens with zero attached hydrogens (tertiary/aromatic N) is 2. The number of thiazole rings is 1. The van der Waals surface area contributed by atoms with E-state index in [0.29, 0.717) is 10.7 Å². The lowest BCUT2D eigenvalue weighted by Crippen LogP contribution is -2.48. The van der Waals surface area contributed by atoms with Gasteiger partial charge < -0.3 is 15.4 Å². The van der Waals surface area contributed by atoms with E-state index < -0.39 is 12.1 Å². The van der Waals surface area contributed by atoms with Crippen LogP contribution in [0.5, 0.6) is 0 Å². The lowest BCUT2D eigenvalue weighted by molar-refractivity contribution is -0.143. The summed E-state index contributed by atoms with van der Waals surface area (Å²) in [6.07, 6.45) is 3.31. The van der Waals surface area contributed by atoms with Gasteiger partial charge in [0.25, 0.3) is 5.91 Å². The summed E-state index contributed by atoms with van der Waals surface area (Å²) in [7, 11) is 0. The number of likely N-dealkylation sites (tertiary alicyclic amines) is 1. The number of carbonyl (C=O) groups is 2. The molecule has 134 valence electrons. The molecular weight excluding hydrogens is 338 g/mol. The van der Waals surface area contributed by atoms with Crippen molar-refractivity contribution in [2.45, 2.75) is 51.7 Å². The number of carbonyl (C=O) groups excluding carboxylic acids is 2. The molecule has 0 bridgehead atoms. The average Bonchev–Trinajstić information content (AvgIpc) is 2.99. The molecule has 1 aromatic heterocycles. The van der Waals surface area contributed by atoms with E-state index in [1.807, 2.05) is 4.90 Å². The van der Waals surface area contributed by atoms with Crippen LogP contribution in [0.15, 0.2) is 18.2 Å². The number of rotatable bonds is 4. The van der Waals surface area contributed by atoms with Crippen LogP contribution >= 0.6 is 11.3 Å². The normalized spacial score (nSPS) is 19.0. The molecule has 6 nitrogen and oxygen atoms in total. The Hall–Kier alpha value is -2.15. The number of amides is 1. The van der Waals surface area contributed by atoms with Gasteiger partial charge in [0.05, 0.1) is 15.8 Å². The van der Waals surface area contributed by atoms with Crippen molar-refractivity contribution in [2.24, 2.45) is 0 Å². The number of aromatic nitrogens is 1. The molecule has 2 N–H and O–H groups in total. The maximum Gasteiger partial charge on any atom is 0.338 e. The van der Waals surface area contributed by atoms with Crippen molar-refractivity contribution < 1.29 is 14.3 Å². The minimum atomic E-state index is -0.790. The molecule has 1 saturated heterocycles. The van der Waals surface area contributed by atoms with Crippen molar-refractivity contribution in [1.29, 1.82) is 0 Å². The summed E-state index contributed by atoms with van der Waals surface area (Å²) in [5.41, 5.74) is 6.84. The molecule has 7 heteroatoms. The zero-order chi connectivity index (χ0) is 18.0. The number of nitrogen functional groups attached to an aromatic ring is 1. The van der Waals surface area contributed by atoms with E-state index >= 15 is 0 Å². The van der Waals surface area contributed by atoms with Gasteiger partial charge in [-0.3, -0.25) is 4.79 Å². The first-order valence-corrected chi connectivity index (χ1v) is 9.48. The molecule has 0 saturated carbocycles. The highest BCUT2D eigenvalue weighted by Gasteiger charge is 2.30. The van der Waals surface area contributed by atoms with Crippen molar-refractivity contribution in [3.8, 4) is 0 Å². The molecular formula is C18H23N3O3S. The molecule has 1 amide bonds. The second kappa shape index (κ2) is 7.39. The number of ether oxygens (including phenoxy) is 1. The minimum Gasteiger partial charge on any atom is -0.449 e. The zero-order valence-electron chi connectivity index (χ0n) is 14.5. The maximum atomic E-state index is 12.7. The minimum absolute atomic E-state index is 0.108. The van der Waals surface area contributed by atoms with E-state index in [2.05, 4.69) is 11.9 Å². The highest BCUT2D eigenvalue weighted by Crippen LogP contribution is 2.25. The average molecular weight is 361 g/mol. The molecule has 1 fully saturated rings. The first-order valence-electron chi connectivity index (χ1n) is 8.67. The van der Waals surface area contributed by atoms with Gasteiger partial charge in [0, 0.05) is 12.6 Å². The van der Waals surface area contributed by atoms with Gasteiger partial charge in [-0.05, 0) is 50.8 Å². The van der Waals surface area contributed by atoms with Gasteiger partial charge in [-0.1, -0.05) is 18.3 Å². The standard InChI is InChI=1S/C18H23N3O3S/c1-3-13-6-4-5-9-21(13)16(22)11(2)24-17(23)12-7-8-14-15(10-12)25-18(19)20-14/h7-8,10-11,13H,3-6,9H2,1-2H3,(H2,19,20). The number of hydrogen-bond donors (Lipinski definition) is 1. The molecule has 2 aromatic rings. The molecule has 3 rings (SSSR count). The number of esters is 1. The first-order chi connectivity index (χ1) is 12.0. The summed E-state index contributed by atoms with van der Waals surface area (Å²) in [4.78, 5) is 31.1. The van der Waals surface area contributed by atoms with Gasteiger partial charge in [-0.15, -0.1) is 0 Å². The molecule has 2 heterocycles. The van der Waals surface area contributed by atoms with Crippen LogP contribution in [-0.2, 0) is 9.53 Å². The molecule has 1 aliphatic rings. The van der Waals surface area contributed by atoms with Crippen molar-refractivity contribution in [2.75, 3.05) is 12.3 Å². The molecule has 0 aliphatic carbocycles. The summed E-state index contributed by atoms with van der Waals surface area (Å²) >= 11 is 1.32. The summed E-state index contributed by atoms with van der Waals surface area (Å²) < 4.78 is 6.25. The lowest BCUT2D eigenvalue weighted by Gasteiger charge is -2.36. The lowest BCUT2D eigenvalue weighted by atomic mass is 9.99. The Morgan fingerprint density at radius 1 is 1.44 bits per heavy atom. The summed E-state index contributed by atoms with van der Waals surface area (Å²) in [5.74, 6) is -0.609. The van der Waals surface area contributed by atoms with E-state index in [0.717, 1.165) is 42.4 Å². The number of benzene rings is 1. The number of anilines is 1. The predicted molar refractivity (Wildman–Crippen MR) is 98.6 cm³/mol. The third-order valence-electron chi connectivity index (χ3n) is 4.65. The predicted octanol–water partition coefficient (Wildman–Crippen LogP) is 3.21. The van der Waals surface area contributed by atoms with Crippen molar-refractivity contribution in [3.63, 3.8) is 0 Å². The van der Waals surface area contributed by atoms with Crippen LogP contribution in [-0.4, -0.2) is 40.5 Å². The second-order valence-corrected chi connectivity index (χ2v) is 7.43. The van der Waals surface area contributed by atoms with E-state index in [4.69, 9.17) is 10.5 Å². The van der Waals surface area contributed by atoms with Crippen LogP contribution in [0.4, 0.5) is 5.13 Å². The quantitative estimate of drug-likeness (QED) is 0.845. The second-order valence-electron chi connectivity index (χ2n) is 6.37. The first kappa shape index (κ1) is 17.7. The number of nitrogens with two attached hydrogens (primary N) is 1. The Kier molecular flexibility index (Phi) is 5.22. The van der Waals surface area contributed by atoms with Crippen LogP contribution < -0.4 is 5.73 Å². The Bertz CT molecular complexity index is 789. The fourth-order valence-corrected chi connectivity index (χ4v) is 4.07. The van der Waals surface area contributed by atoms with Gasteiger partial charge in [0.2, 0.25) is 0 Å². The van der Waals surface area contributed by atoms with Crippen LogP contribution in [0.2, 0.25) is 0 Å². The number of fused-ring (bicyclic) bond motifs is 1. The Labute approximate surface area is 151 Å². The van der Waals surface area contributed by atoms with E-state index in [9.17, 15) is 9.59 Å². The Balaban J connectivity index is 1.69. The number of hydrogen-bond acceptors (Lipinski definition) is 6. The van der Waals surface area contributed by atoms with Crippen LogP contribution in [0.3, 0.4) is 0 Å². The van der Waals surface area contributed by atoms with Gasteiger partial charge in [-0.25, -0.2) is 9.78 Å². The largest absolute Gasteiger partial charge is 0.449 e. The molecule has 2 unspecified atom stereocenters. The SMILES string of the molecule is CCC1CCCCN1C(=O)C(C)OC(=O)c1ccc2nc(N)sc2c1. The zero-order valence-corrected chi connectivity index (χ0v) is 15.3. The van der Waals surface area contributed by atoms with Gasteiger partial charge in [0.15, 0.2) is 11.2 Å². The Morgan fingerprint density at radius 2 is 2.24 bits per heavy atom. The highest BCUT2D eigenvalue weighted by molar-refractivity contribution is 7.22. The molecule has 2 atom stereocenters. The van der Waals surface area contributed by atoms with E-state index in [1.165, 1.54) is 11.3 Å². The molecule has 1 aromatic carbocycles. The topological polar surface area (TPSA) is 85.5 Å². The third-order valence-corrected chi connectivity index (χ3v) is 5.50. The monoisotopic (exact) mass is 361 g/mol. The molecule has 25 heavy (non-hydrogen) atoms. The Morgan fingerprint density at radius 3 is 3.00 bits per heavy atom. The van der Waals surface area contributed by atoms with Crippen molar-refractivity contribution >= 4 is 38.6 Å². The third kappa shape index (κ3) is 3.76. The summed E-state index contributed by atoms with van der Waals surface area (Å²) in [6, 6.07) is 5.34. The fraction of sp³-hybridized carbons (Fsp3) is 0.500. The van der Waals surface area contributed by atoms with Crippen molar-refractivity contribution in [3.05, 3.63) is 23.8 Å². The summed E-state index contributed by atoms with van der Waals surface area (Å²) in [6.45, 7) is 4.47. The van der Waals surface area contributed by atoms with Crippen LogP contribution in [0, 0.1) is 0 Å². The van der Waals surface area contributed by atoms with Gasteiger partial charge in [-0.2, -0.15) is 0 Å². The van der Waals surface area contributed by atoms with E-state index in [-0.39, 0.29) is 11.9 Å². The smallest absolute Gasteiger partial charge is 0.338 e. The van der Waals surface area contributed by atoms with E-state index in [1.54, 1.807) is 25.1 Å². The molecule has 0 spiro atoms. The summed E-state index contributed by atoms with van der Waals surface area (Å²) in [5, 5.41) is 0.458. The fourth-order valence-electron chi connectivity index (χ4n) is 3.30. The molecule has 1 aliphatic heterocycles. The number of piperidine rings is 1. The highest BCUT2D eigenvalue weighted by atomic mass is 32.1. The van der Waals surface area contributed by atoms with Crippen molar-refractivity contribution in [1.82, 2.24) is 9.88 Å². The van der Waals surface area contributed by atoms with Crippen LogP contribution in [0.1, 0.15) is 49.9 Å². The molecule has 0 radical (unpaired) electrons. The van der Waals surface area contributed by atoms with Crippen LogP contribution in [0.25, 0.3) is 10.2 Å². The maximum absolute atomic E-state index is 12.7. The van der Waals surface area contributed by atoms with Gasteiger partial charge in [0.1, 0.15) is 0 Å². The van der Waals surface area contributed by atoms with Gasteiger partial charge >= 0.3 is 5.97 Å².